The second-order valence-electron chi connectivity index (χ2n) is 3.77. The number of halogens is 1. The lowest BCUT2D eigenvalue weighted by molar-refractivity contribution is 0.0953. The van der Waals surface area contributed by atoms with E-state index in [0.717, 1.165) is 0 Å². The summed E-state index contributed by atoms with van der Waals surface area (Å²) in [6.45, 7) is 0.187. The van der Waals surface area contributed by atoms with Gasteiger partial charge in [0.2, 0.25) is 0 Å². The van der Waals surface area contributed by atoms with E-state index in [4.69, 9.17) is 0 Å². The Balaban J connectivity index is 1.87. The van der Waals surface area contributed by atoms with Crippen LogP contribution in [0.1, 0.15) is 16.1 Å². The van der Waals surface area contributed by atoms with E-state index in [1.54, 1.807) is 19.2 Å². The maximum Gasteiger partial charge on any atom is 0.274 e. The average Bonchev–Trinajstić information content (AvgIpc) is 2.83. The number of aromatic nitrogens is 3. The van der Waals surface area contributed by atoms with E-state index >= 15 is 0 Å². The SMILES string of the molecule is Cn1cc(C(=O)NCC#Cc2ccc(F)cc2)nn1. The number of hydrogen-bond acceptors (Lipinski definition) is 3. The Morgan fingerprint density at radius 2 is 2.16 bits per heavy atom. The summed E-state index contributed by atoms with van der Waals surface area (Å²) in [5.74, 6) is 4.94. The molecule has 19 heavy (non-hydrogen) atoms. The Morgan fingerprint density at radius 3 is 2.79 bits per heavy atom. The topological polar surface area (TPSA) is 59.8 Å². The van der Waals surface area contributed by atoms with E-state index in [1.165, 1.54) is 23.0 Å². The molecule has 1 N–H and O–H groups in total. The molecule has 96 valence electrons. The summed E-state index contributed by atoms with van der Waals surface area (Å²) in [5.41, 5.74) is 0.932. The van der Waals surface area contributed by atoms with Crippen molar-refractivity contribution in [3.63, 3.8) is 0 Å². The third-order valence-electron chi connectivity index (χ3n) is 2.25. The second kappa shape index (κ2) is 5.78. The van der Waals surface area contributed by atoms with Crippen molar-refractivity contribution < 1.29 is 9.18 Å². The maximum absolute atomic E-state index is 12.7. The van der Waals surface area contributed by atoms with Crippen LogP contribution in [0.3, 0.4) is 0 Å². The van der Waals surface area contributed by atoms with Crippen LogP contribution in [0.5, 0.6) is 0 Å². The van der Waals surface area contributed by atoms with Crippen LogP contribution in [-0.2, 0) is 7.05 Å². The highest BCUT2D eigenvalue weighted by Crippen LogP contribution is 2.00. The first-order valence-electron chi connectivity index (χ1n) is 5.54. The number of nitrogens with one attached hydrogen (secondary N) is 1. The zero-order chi connectivity index (χ0) is 13.7. The normalized spacial score (nSPS) is 9.58. The standard InChI is InChI=1S/C13H11FN4O/c1-18-9-12(16-17-18)13(19)15-8-2-3-10-4-6-11(14)7-5-10/h4-7,9H,8H2,1H3,(H,15,19). The Morgan fingerprint density at radius 1 is 1.42 bits per heavy atom. The van der Waals surface area contributed by atoms with Crippen molar-refractivity contribution in [3.8, 4) is 11.8 Å². The first kappa shape index (κ1) is 12.8. The zero-order valence-corrected chi connectivity index (χ0v) is 10.2. The van der Waals surface area contributed by atoms with Crippen LogP contribution in [-0.4, -0.2) is 27.4 Å². The predicted octanol–water partition coefficient (Wildman–Crippen LogP) is 0.736. The van der Waals surface area contributed by atoms with Gasteiger partial charge in [-0.3, -0.25) is 9.48 Å². The second-order valence-corrected chi connectivity index (χ2v) is 3.77. The third-order valence-corrected chi connectivity index (χ3v) is 2.25. The van der Waals surface area contributed by atoms with E-state index in [9.17, 15) is 9.18 Å². The van der Waals surface area contributed by atoms with Gasteiger partial charge in [0.1, 0.15) is 5.82 Å². The Kier molecular flexibility index (Phi) is 3.88. The molecular formula is C13H11FN4O. The molecule has 0 aliphatic carbocycles. The fourth-order valence-corrected chi connectivity index (χ4v) is 1.35. The highest BCUT2D eigenvalue weighted by molar-refractivity contribution is 5.91. The summed E-state index contributed by atoms with van der Waals surface area (Å²) in [6.07, 6.45) is 1.52. The van der Waals surface area contributed by atoms with Gasteiger partial charge in [0.15, 0.2) is 5.69 Å². The van der Waals surface area contributed by atoms with Crippen molar-refractivity contribution in [3.05, 3.63) is 47.5 Å². The molecule has 0 aliphatic rings. The van der Waals surface area contributed by atoms with Crippen molar-refractivity contribution in [1.82, 2.24) is 20.3 Å². The van der Waals surface area contributed by atoms with Gasteiger partial charge >= 0.3 is 0 Å². The number of aryl methyl sites for hydroxylation is 1. The number of rotatable bonds is 2. The van der Waals surface area contributed by atoms with Gasteiger partial charge in [-0.1, -0.05) is 17.1 Å². The number of carbonyl (C=O) groups is 1. The number of amides is 1. The summed E-state index contributed by atoms with van der Waals surface area (Å²) in [7, 11) is 1.68. The molecule has 0 unspecified atom stereocenters. The first-order chi connectivity index (χ1) is 9.15. The maximum atomic E-state index is 12.7. The third kappa shape index (κ3) is 3.64. The molecule has 1 aromatic heterocycles. The lowest BCUT2D eigenvalue weighted by Crippen LogP contribution is -2.23. The van der Waals surface area contributed by atoms with Crippen LogP contribution in [0.25, 0.3) is 0 Å². The summed E-state index contributed by atoms with van der Waals surface area (Å²) >= 11 is 0. The van der Waals surface area contributed by atoms with E-state index < -0.39 is 0 Å². The van der Waals surface area contributed by atoms with Crippen molar-refractivity contribution in [1.29, 1.82) is 0 Å². The zero-order valence-electron chi connectivity index (χ0n) is 10.2. The average molecular weight is 258 g/mol. The lowest BCUT2D eigenvalue weighted by Gasteiger charge is -1.95. The molecule has 1 aromatic carbocycles. The van der Waals surface area contributed by atoms with Gasteiger partial charge in [-0.15, -0.1) is 5.10 Å². The van der Waals surface area contributed by atoms with Crippen LogP contribution in [0.2, 0.25) is 0 Å². The first-order valence-corrected chi connectivity index (χ1v) is 5.54. The molecule has 0 saturated heterocycles. The smallest absolute Gasteiger partial charge is 0.274 e. The van der Waals surface area contributed by atoms with E-state index in [2.05, 4.69) is 27.5 Å². The van der Waals surface area contributed by atoms with Gasteiger partial charge in [-0.05, 0) is 24.3 Å². The minimum Gasteiger partial charge on any atom is -0.340 e. The molecule has 5 nitrogen and oxygen atoms in total. The molecule has 0 bridgehead atoms. The van der Waals surface area contributed by atoms with Gasteiger partial charge in [-0.25, -0.2) is 4.39 Å². The Labute approximate surface area is 109 Å². The molecule has 2 aromatic rings. The van der Waals surface area contributed by atoms with Crippen LogP contribution >= 0.6 is 0 Å². The monoisotopic (exact) mass is 258 g/mol. The van der Waals surface area contributed by atoms with Gasteiger partial charge in [0.25, 0.3) is 5.91 Å². The van der Waals surface area contributed by atoms with Crippen LogP contribution in [0, 0.1) is 17.7 Å². The molecule has 0 fully saturated rings. The number of carbonyl (C=O) groups excluding carboxylic acids is 1. The molecule has 0 saturated carbocycles. The van der Waals surface area contributed by atoms with Gasteiger partial charge in [0, 0.05) is 12.6 Å². The molecule has 0 aliphatic heterocycles. The highest BCUT2D eigenvalue weighted by Gasteiger charge is 2.07. The van der Waals surface area contributed by atoms with Gasteiger partial charge in [-0.2, -0.15) is 0 Å². The summed E-state index contributed by atoms with van der Waals surface area (Å²) in [4.78, 5) is 11.6. The molecular weight excluding hydrogens is 247 g/mol. The fourth-order valence-electron chi connectivity index (χ4n) is 1.35. The molecule has 0 radical (unpaired) electrons. The van der Waals surface area contributed by atoms with E-state index in [0.29, 0.717) is 5.56 Å². The number of benzene rings is 1. The molecule has 0 spiro atoms. The van der Waals surface area contributed by atoms with E-state index in [1.807, 2.05) is 0 Å². The predicted molar refractivity (Wildman–Crippen MR) is 66.6 cm³/mol. The summed E-state index contributed by atoms with van der Waals surface area (Å²) in [5, 5.41) is 9.92. The summed E-state index contributed by atoms with van der Waals surface area (Å²) < 4.78 is 14.1. The summed E-state index contributed by atoms with van der Waals surface area (Å²) in [6, 6.07) is 5.82. The highest BCUT2D eigenvalue weighted by atomic mass is 19.1. The van der Waals surface area contributed by atoms with Crippen molar-refractivity contribution in [2.75, 3.05) is 6.54 Å². The van der Waals surface area contributed by atoms with Crippen LogP contribution < -0.4 is 5.32 Å². The lowest BCUT2D eigenvalue weighted by atomic mass is 10.2. The van der Waals surface area contributed by atoms with Crippen molar-refractivity contribution >= 4 is 5.91 Å². The molecule has 1 heterocycles. The van der Waals surface area contributed by atoms with E-state index in [-0.39, 0.29) is 24.0 Å². The quantitative estimate of drug-likeness (QED) is 0.808. The number of nitrogens with zero attached hydrogens (tertiary/aromatic N) is 3. The molecule has 6 heteroatoms. The Bertz CT molecular complexity index is 637. The van der Waals surface area contributed by atoms with Crippen LogP contribution in [0.15, 0.2) is 30.5 Å². The van der Waals surface area contributed by atoms with Crippen molar-refractivity contribution in [2.45, 2.75) is 0 Å². The largest absolute Gasteiger partial charge is 0.340 e. The minimum atomic E-state index is -0.332. The van der Waals surface area contributed by atoms with Crippen molar-refractivity contribution in [2.24, 2.45) is 7.05 Å². The fraction of sp³-hybridized carbons (Fsp3) is 0.154. The van der Waals surface area contributed by atoms with Gasteiger partial charge in [0.05, 0.1) is 12.7 Å². The van der Waals surface area contributed by atoms with Gasteiger partial charge < -0.3 is 5.32 Å². The molecule has 2 rings (SSSR count). The number of hydrogen-bond donors (Lipinski definition) is 1. The van der Waals surface area contributed by atoms with Crippen LogP contribution in [0.4, 0.5) is 4.39 Å². The molecule has 0 atom stereocenters. The minimum absolute atomic E-state index is 0.187. The Hall–Kier alpha value is -2.68. The molecule has 1 amide bonds.